The van der Waals surface area contributed by atoms with Gasteiger partial charge in [-0.1, -0.05) is 18.1 Å². The molecule has 0 unspecified atom stereocenters. The molecular weight excluding hydrogens is 192 g/mol. The number of carbonyl (C=O) groups is 1. The summed E-state index contributed by atoms with van der Waals surface area (Å²) in [5, 5.41) is 8.33. The van der Waals surface area contributed by atoms with Crippen LogP contribution in [-0.4, -0.2) is 17.7 Å². The van der Waals surface area contributed by atoms with E-state index in [1.165, 1.54) is 0 Å². The summed E-state index contributed by atoms with van der Waals surface area (Å²) in [5.41, 5.74) is 0.953. The minimum atomic E-state index is -1.10. The molecular formula is C12H12O3. The second-order valence-corrected chi connectivity index (χ2v) is 2.86. The summed E-state index contributed by atoms with van der Waals surface area (Å²) in [6.07, 6.45) is 0.424. The van der Waals surface area contributed by atoms with E-state index >= 15 is 0 Å². The van der Waals surface area contributed by atoms with Crippen LogP contribution < -0.4 is 4.74 Å². The number of benzene rings is 1. The maximum atomic E-state index is 10.2. The first kappa shape index (κ1) is 11.1. The first-order chi connectivity index (χ1) is 7.22. The first-order valence-electron chi connectivity index (χ1n) is 4.66. The minimum Gasteiger partial charge on any atom is -0.494 e. The molecule has 0 radical (unpaired) electrons. The molecule has 0 bridgehead atoms. The fraction of sp³-hybridized carbons (Fsp3) is 0.250. The van der Waals surface area contributed by atoms with Crippen LogP contribution in [0.3, 0.4) is 0 Å². The number of carboxylic acid groups (broad SMARTS) is 1. The van der Waals surface area contributed by atoms with Crippen LogP contribution >= 0.6 is 0 Å². The summed E-state index contributed by atoms with van der Waals surface area (Å²) in [5.74, 6) is 4.32. The Morgan fingerprint density at radius 2 is 2.33 bits per heavy atom. The minimum absolute atomic E-state index is 0.424. The lowest BCUT2D eigenvalue weighted by atomic mass is 10.1. The van der Waals surface area contributed by atoms with Crippen molar-refractivity contribution in [1.82, 2.24) is 0 Å². The molecule has 0 spiro atoms. The molecule has 0 aliphatic heterocycles. The highest BCUT2D eigenvalue weighted by atomic mass is 16.5. The molecule has 0 heterocycles. The Balaban J connectivity index is 2.66. The third kappa shape index (κ3) is 4.19. The van der Waals surface area contributed by atoms with Crippen molar-refractivity contribution in [3.8, 4) is 17.6 Å². The van der Waals surface area contributed by atoms with Gasteiger partial charge in [-0.05, 0) is 24.6 Å². The van der Waals surface area contributed by atoms with Crippen molar-refractivity contribution in [2.45, 2.75) is 13.3 Å². The number of rotatable bonds is 3. The van der Waals surface area contributed by atoms with Crippen molar-refractivity contribution in [3.63, 3.8) is 0 Å². The van der Waals surface area contributed by atoms with Crippen LogP contribution in [0.4, 0.5) is 0 Å². The van der Waals surface area contributed by atoms with Gasteiger partial charge in [0.25, 0.3) is 0 Å². The molecule has 1 rings (SSSR count). The van der Waals surface area contributed by atoms with Gasteiger partial charge in [-0.3, -0.25) is 0 Å². The van der Waals surface area contributed by atoms with Gasteiger partial charge in [-0.25, -0.2) is 4.79 Å². The molecule has 1 aromatic rings. The molecule has 0 aromatic heterocycles. The van der Waals surface area contributed by atoms with E-state index in [-0.39, 0.29) is 0 Å². The number of ether oxygens (including phenoxy) is 1. The highest BCUT2D eigenvalue weighted by Crippen LogP contribution is 2.13. The van der Waals surface area contributed by atoms with Crippen LogP contribution in [0.25, 0.3) is 0 Å². The van der Waals surface area contributed by atoms with Gasteiger partial charge in [0, 0.05) is 12.3 Å². The Kier molecular flexibility index (Phi) is 4.24. The molecule has 1 aromatic carbocycles. The van der Waals surface area contributed by atoms with E-state index in [4.69, 9.17) is 9.84 Å². The second kappa shape index (κ2) is 5.71. The molecule has 0 aliphatic rings. The van der Waals surface area contributed by atoms with Gasteiger partial charge in [0.05, 0.1) is 6.61 Å². The Morgan fingerprint density at radius 1 is 1.53 bits per heavy atom. The smallest absolute Gasteiger partial charge is 0.381 e. The zero-order chi connectivity index (χ0) is 11.1. The normalized spacial score (nSPS) is 8.87. The summed E-state index contributed by atoms with van der Waals surface area (Å²) in [6.45, 7) is 2.53. The average molecular weight is 204 g/mol. The molecule has 1 N–H and O–H groups in total. The maximum Gasteiger partial charge on any atom is 0.381 e. The maximum absolute atomic E-state index is 10.2. The quantitative estimate of drug-likeness (QED) is 0.762. The van der Waals surface area contributed by atoms with Crippen molar-refractivity contribution < 1.29 is 14.6 Å². The molecule has 3 heteroatoms. The monoisotopic (exact) mass is 204 g/mol. The lowest BCUT2D eigenvalue weighted by Gasteiger charge is -2.03. The summed E-state index contributed by atoms with van der Waals surface area (Å²) >= 11 is 0. The van der Waals surface area contributed by atoms with Crippen LogP contribution in [0.1, 0.15) is 12.5 Å². The Labute approximate surface area is 88.7 Å². The average Bonchev–Trinajstić information content (AvgIpc) is 2.18. The summed E-state index contributed by atoms with van der Waals surface area (Å²) in [6, 6.07) is 7.47. The number of carboxylic acids is 1. The van der Waals surface area contributed by atoms with Crippen LogP contribution in [-0.2, 0) is 11.2 Å². The standard InChI is InChI=1S/C12H12O3/c1-2-15-11-7-3-5-10(9-11)6-4-8-12(13)14/h3,5,7,9H,2,6H2,1H3,(H,13,14). The lowest BCUT2D eigenvalue weighted by Crippen LogP contribution is -1.92. The topological polar surface area (TPSA) is 46.5 Å². The van der Waals surface area contributed by atoms with Crippen molar-refractivity contribution in [2.75, 3.05) is 6.61 Å². The second-order valence-electron chi connectivity index (χ2n) is 2.86. The number of hydrogen-bond donors (Lipinski definition) is 1. The zero-order valence-corrected chi connectivity index (χ0v) is 8.49. The highest BCUT2D eigenvalue weighted by Gasteiger charge is 1.94. The largest absolute Gasteiger partial charge is 0.494 e. The van der Waals surface area contributed by atoms with Gasteiger partial charge in [0.15, 0.2) is 0 Å². The Hall–Kier alpha value is -1.95. The molecule has 0 atom stereocenters. The summed E-state index contributed by atoms with van der Waals surface area (Å²) < 4.78 is 5.31. The third-order valence-corrected chi connectivity index (χ3v) is 1.70. The van der Waals surface area contributed by atoms with Crippen molar-refractivity contribution in [3.05, 3.63) is 29.8 Å². The predicted molar refractivity (Wildman–Crippen MR) is 56.7 cm³/mol. The van der Waals surface area contributed by atoms with Gasteiger partial charge < -0.3 is 9.84 Å². The van der Waals surface area contributed by atoms with Gasteiger partial charge in [0.1, 0.15) is 5.75 Å². The van der Waals surface area contributed by atoms with E-state index in [0.717, 1.165) is 11.3 Å². The van der Waals surface area contributed by atoms with E-state index in [0.29, 0.717) is 13.0 Å². The van der Waals surface area contributed by atoms with E-state index in [1.807, 2.05) is 31.2 Å². The molecule has 0 fully saturated rings. The summed E-state index contributed by atoms with van der Waals surface area (Å²) in [7, 11) is 0. The van der Waals surface area contributed by atoms with E-state index < -0.39 is 5.97 Å². The SMILES string of the molecule is CCOc1cccc(CC#CC(=O)O)c1. The number of hydrogen-bond acceptors (Lipinski definition) is 2. The highest BCUT2D eigenvalue weighted by molar-refractivity contribution is 5.86. The van der Waals surface area contributed by atoms with Crippen molar-refractivity contribution in [1.29, 1.82) is 0 Å². The van der Waals surface area contributed by atoms with Gasteiger partial charge in [-0.2, -0.15) is 0 Å². The molecule has 3 nitrogen and oxygen atoms in total. The fourth-order valence-electron chi connectivity index (χ4n) is 1.13. The van der Waals surface area contributed by atoms with E-state index in [1.54, 1.807) is 0 Å². The van der Waals surface area contributed by atoms with Crippen LogP contribution in [0.5, 0.6) is 5.75 Å². The fourth-order valence-corrected chi connectivity index (χ4v) is 1.13. The molecule has 0 saturated carbocycles. The van der Waals surface area contributed by atoms with Crippen LogP contribution in [0, 0.1) is 11.8 Å². The van der Waals surface area contributed by atoms with E-state index in [2.05, 4.69) is 11.8 Å². The van der Waals surface area contributed by atoms with Crippen LogP contribution in [0.15, 0.2) is 24.3 Å². The molecule has 0 amide bonds. The van der Waals surface area contributed by atoms with Gasteiger partial charge in [-0.15, -0.1) is 0 Å². The Morgan fingerprint density at radius 3 is 3.00 bits per heavy atom. The molecule has 0 aliphatic carbocycles. The predicted octanol–water partition coefficient (Wildman–Crippen LogP) is 1.72. The van der Waals surface area contributed by atoms with Crippen molar-refractivity contribution >= 4 is 5.97 Å². The summed E-state index contributed by atoms with van der Waals surface area (Å²) in [4.78, 5) is 10.2. The zero-order valence-electron chi connectivity index (χ0n) is 8.49. The molecule has 0 saturated heterocycles. The van der Waals surface area contributed by atoms with Crippen molar-refractivity contribution in [2.24, 2.45) is 0 Å². The number of aliphatic carboxylic acids is 1. The first-order valence-corrected chi connectivity index (χ1v) is 4.66. The Bertz CT molecular complexity index is 399. The third-order valence-electron chi connectivity index (χ3n) is 1.70. The molecule has 15 heavy (non-hydrogen) atoms. The van der Waals surface area contributed by atoms with Crippen LogP contribution in [0.2, 0.25) is 0 Å². The van der Waals surface area contributed by atoms with E-state index in [9.17, 15) is 4.79 Å². The van der Waals surface area contributed by atoms with Gasteiger partial charge in [0.2, 0.25) is 0 Å². The molecule has 78 valence electrons. The van der Waals surface area contributed by atoms with Gasteiger partial charge >= 0.3 is 5.97 Å². The lowest BCUT2D eigenvalue weighted by molar-refractivity contribution is -0.130.